The monoisotopic (exact) mass is 274 g/mol. The molecule has 0 spiro atoms. The van der Waals surface area contributed by atoms with Gasteiger partial charge in [0.2, 0.25) is 0 Å². The Hall–Kier alpha value is -1.47. The topological polar surface area (TPSA) is 49.8 Å². The van der Waals surface area contributed by atoms with Crippen LogP contribution in [0.1, 0.15) is 11.1 Å². The molecule has 0 aromatic heterocycles. The fourth-order valence-corrected chi connectivity index (χ4v) is 2.51. The van der Waals surface area contributed by atoms with Crippen LogP contribution < -0.4 is 5.73 Å². The van der Waals surface area contributed by atoms with E-state index >= 15 is 0 Å². The smallest absolute Gasteiger partial charge is 0.100 e. The summed E-state index contributed by atoms with van der Waals surface area (Å²) < 4.78 is 0. The zero-order valence-electron chi connectivity index (χ0n) is 9.56. The molecular formula is C14H11ClN2S. The van der Waals surface area contributed by atoms with E-state index in [4.69, 9.17) is 22.6 Å². The van der Waals surface area contributed by atoms with Gasteiger partial charge in [0.1, 0.15) is 6.07 Å². The first kappa shape index (κ1) is 13.0. The molecule has 2 aromatic rings. The van der Waals surface area contributed by atoms with Crippen LogP contribution in [0.5, 0.6) is 0 Å². The minimum atomic E-state index is 0.445. The summed E-state index contributed by atoms with van der Waals surface area (Å²) in [6.07, 6.45) is 0. The maximum absolute atomic E-state index is 9.14. The second-order valence-electron chi connectivity index (χ2n) is 3.70. The molecule has 0 saturated carbocycles. The third kappa shape index (κ3) is 3.05. The summed E-state index contributed by atoms with van der Waals surface area (Å²) in [5, 5.41) is 9.84. The van der Waals surface area contributed by atoms with E-state index in [1.54, 1.807) is 11.8 Å². The maximum Gasteiger partial charge on any atom is 0.100 e. The van der Waals surface area contributed by atoms with E-state index < -0.39 is 0 Å². The van der Waals surface area contributed by atoms with Crippen LogP contribution in [0.4, 0.5) is 0 Å². The quantitative estimate of drug-likeness (QED) is 0.926. The Balaban J connectivity index is 2.29. The van der Waals surface area contributed by atoms with Gasteiger partial charge < -0.3 is 5.73 Å². The summed E-state index contributed by atoms with van der Waals surface area (Å²) in [4.78, 5) is 1.98. The van der Waals surface area contributed by atoms with Crippen molar-refractivity contribution in [2.24, 2.45) is 5.73 Å². The van der Waals surface area contributed by atoms with Crippen molar-refractivity contribution in [3.8, 4) is 6.07 Å². The number of halogens is 1. The third-order valence-electron chi connectivity index (χ3n) is 2.44. The van der Waals surface area contributed by atoms with Gasteiger partial charge in [0.05, 0.1) is 5.56 Å². The Morgan fingerprint density at radius 2 is 1.89 bits per heavy atom. The third-order valence-corrected chi connectivity index (χ3v) is 3.78. The van der Waals surface area contributed by atoms with Crippen LogP contribution in [0.2, 0.25) is 5.02 Å². The second-order valence-corrected chi connectivity index (χ2v) is 5.25. The Labute approximate surface area is 115 Å². The molecule has 0 radical (unpaired) electrons. The van der Waals surface area contributed by atoms with Crippen molar-refractivity contribution in [2.75, 3.05) is 0 Å². The van der Waals surface area contributed by atoms with E-state index in [1.807, 2.05) is 42.5 Å². The average Bonchev–Trinajstić information content (AvgIpc) is 2.41. The number of nitriles is 1. The lowest BCUT2D eigenvalue weighted by Crippen LogP contribution is -1.96. The fourth-order valence-electron chi connectivity index (χ4n) is 1.51. The van der Waals surface area contributed by atoms with Gasteiger partial charge in [0, 0.05) is 21.4 Å². The predicted octanol–water partition coefficient (Wildman–Crippen LogP) is 3.82. The van der Waals surface area contributed by atoms with Crippen molar-refractivity contribution in [1.29, 1.82) is 5.26 Å². The van der Waals surface area contributed by atoms with Crippen molar-refractivity contribution >= 4 is 23.4 Å². The van der Waals surface area contributed by atoms with Crippen molar-refractivity contribution in [2.45, 2.75) is 16.3 Å². The molecule has 0 saturated heterocycles. The van der Waals surface area contributed by atoms with Crippen molar-refractivity contribution in [3.63, 3.8) is 0 Å². The molecule has 90 valence electrons. The van der Waals surface area contributed by atoms with Crippen LogP contribution >= 0.6 is 23.4 Å². The van der Waals surface area contributed by atoms with E-state index in [-0.39, 0.29) is 0 Å². The number of hydrogen-bond donors (Lipinski definition) is 1. The van der Waals surface area contributed by atoms with Gasteiger partial charge in [-0.2, -0.15) is 5.26 Å². The predicted molar refractivity (Wildman–Crippen MR) is 74.6 cm³/mol. The number of nitrogens with two attached hydrogens (primary N) is 1. The molecular weight excluding hydrogens is 264 g/mol. The maximum atomic E-state index is 9.14. The lowest BCUT2D eigenvalue weighted by Gasteiger charge is -2.06. The largest absolute Gasteiger partial charge is 0.326 e. The van der Waals surface area contributed by atoms with Crippen LogP contribution in [0.3, 0.4) is 0 Å². The van der Waals surface area contributed by atoms with Gasteiger partial charge in [-0.25, -0.2) is 0 Å². The Bertz CT molecular complexity index is 588. The number of hydrogen-bond acceptors (Lipinski definition) is 3. The molecule has 0 aliphatic heterocycles. The van der Waals surface area contributed by atoms with Crippen molar-refractivity contribution < 1.29 is 0 Å². The molecule has 2 N–H and O–H groups in total. The Morgan fingerprint density at radius 3 is 2.50 bits per heavy atom. The minimum Gasteiger partial charge on any atom is -0.326 e. The van der Waals surface area contributed by atoms with E-state index in [0.717, 1.165) is 15.4 Å². The highest BCUT2D eigenvalue weighted by Crippen LogP contribution is 2.31. The minimum absolute atomic E-state index is 0.445. The number of rotatable bonds is 3. The van der Waals surface area contributed by atoms with Crippen LogP contribution in [-0.2, 0) is 6.54 Å². The molecule has 2 aromatic carbocycles. The van der Waals surface area contributed by atoms with Crippen molar-refractivity contribution in [1.82, 2.24) is 0 Å². The standard InChI is InChI=1S/C14H11ClN2S/c15-12-2-4-13(5-3-12)18-14-6-1-10(8-16)7-11(14)9-17/h1-7H,8,16H2. The highest BCUT2D eigenvalue weighted by Gasteiger charge is 2.05. The van der Waals surface area contributed by atoms with Gasteiger partial charge in [0.15, 0.2) is 0 Å². The molecule has 0 atom stereocenters. The highest BCUT2D eigenvalue weighted by atomic mass is 35.5. The van der Waals surface area contributed by atoms with Gasteiger partial charge >= 0.3 is 0 Å². The van der Waals surface area contributed by atoms with Gasteiger partial charge in [0.25, 0.3) is 0 Å². The summed E-state index contributed by atoms with van der Waals surface area (Å²) in [5.74, 6) is 0. The van der Waals surface area contributed by atoms with E-state index in [0.29, 0.717) is 17.1 Å². The summed E-state index contributed by atoms with van der Waals surface area (Å²) in [6, 6.07) is 15.5. The average molecular weight is 275 g/mol. The molecule has 2 rings (SSSR count). The van der Waals surface area contributed by atoms with Gasteiger partial charge in [-0.15, -0.1) is 0 Å². The normalized spacial score (nSPS) is 10.1. The van der Waals surface area contributed by atoms with Crippen LogP contribution in [0.15, 0.2) is 52.3 Å². The molecule has 18 heavy (non-hydrogen) atoms. The molecule has 0 amide bonds. The zero-order valence-corrected chi connectivity index (χ0v) is 11.1. The molecule has 0 heterocycles. The zero-order chi connectivity index (χ0) is 13.0. The summed E-state index contributed by atoms with van der Waals surface area (Å²) in [6.45, 7) is 0.445. The van der Waals surface area contributed by atoms with Crippen LogP contribution in [0, 0.1) is 11.3 Å². The first-order chi connectivity index (χ1) is 8.72. The summed E-state index contributed by atoms with van der Waals surface area (Å²) in [5.41, 5.74) is 7.18. The van der Waals surface area contributed by atoms with Crippen LogP contribution in [0.25, 0.3) is 0 Å². The number of nitrogens with zero attached hydrogens (tertiary/aromatic N) is 1. The molecule has 0 unspecified atom stereocenters. The lowest BCUT2D eigenvalue weighted by molar-refractivity contribution is 1.06. The molecule has 4 heteroatoms. The second kappa shape index (κ2) is 5.92. The van der Waals surface area contributed by atoms with Crippen molar-refractivity contribution in [3.05, 3.63) is 58.6 Å². The number of benzene rings is 2. The van der Waals surface area contributed by atoms with E-state index in [1.165, 1.54) is 0 Å². The summed E-state index contributed by atoms with van der Waals surface area (Å²) in [7, 11) is 0. The SMILES string of the molecule is N#Cc1cc(CN)ccc1Sc1ccc(Cl)cc1. The Morgan fingerprint density at radius 1 is 1.17 bits per heavy atom. The Kier molecular flexibility index (Phi) is 4.27. The van der Waals surface area contributed by atoms with E-state index in [2.05, 4.69) is 6.07 Å². The first-order valence-corrected chi connectivity index (χ1v) is 6.59. The van der Waals surface area contributed by atoms with E-state index in [9.17, 15) is 0 Å². The lowest BCUT2D eigenvalue weighted by atomic mass is 10.1. The fraction of sp³-hybridized carbons (Fsp3) is 0.0714. The highest BCUT2D eigenvalue weighted by molar-refractivity contribution is 7.99. The van der Waals surface area contributed by atoms with Gasteiger partial charge in [-0.3, -0.25) is 0 Å². The molecule has 0 bridgehead atoms. The molecule has 0 fully saturated rings. The molecule has 0 aliphatic rings. The molecule has 2 nitrogen and oxygen atoms in total. The van der Waals surface area contributed by atoms with Gasteiger partial charge in [-0.05, 0) is 42.0 Å². The van der Waals surface area contributed by atoms with Crippen LogP contribution in [-0.4, -0.2) is 0 Å². The van der Waals surface area contributed by atoms with Gasteiger partial charge in [-0.1, -0.05) is 29.4 Å². The molecule has 0 aliphatic carbocycles. The summed E-state index contributed by atoms with van der Waals surface area (Å²) >= 11 is 7.38. The first-order valence-electron chi connectivity index (χ1n) is 5.39.